The van der Waals surface area contributed by atoms with Gasteiger partial charge in [0, 0.05) is 24.2 Å². The van der Waals surface area contributed by atoms with Crippen LogP contribution in [0, 0.1) is 23.2 Å². The van der Waals surface area contributed by atoms with Crippen molar-refractivity contribution in [3.63, 3.8) is 0 Å². The van der Waals surface area contributed by atoms with Crippen LogP contribution in [0.4, 0.5) is 0 Å². The zero-order chi connectivity index (χ0) is 18.7. The molecule has 1 spiro atoms. The van der Waals surface area contributed by atoms with E-state index in [1.54, 1.807) is 0 Å². The number of ether oxygens (including phenoxy) is 2. The highest BCUT2D eigenvalue weighted by molar-refractivity contribution is 6.74. The summed E-state index contributed by atoms with van der Waals surface area (Å²) in [6.45, 7) is 17.1. The van der Waals surface area contributed by atoms with Gasteiger partial charge in [0.05, 0.1) is 19.3 Å². The first-order chi connectivity index (χ1) is 11.4. The van der Waals surface area contributed by atoms with E-state index >= 15 is 0 Å². The highest BCUT2D eigenvalue weighted by atomic mass is 28.4. The molecule has 1 aliphatic heterocycles. The molecule has 4 nitrogen and oxygen atoms in total. The van der Waals surface area contributed by atoms with E-state index in [0.717, 1.165) is 38.8 Å². The van der Waals surface area contributed by atoms with Crippen LogP contribution in [0.1, 0.15) is 53.9 Å². The maximum absolute atomic E-state index is 11.9. The third-order valence-corrected chi connectivity index (χ3v) is 11.5. The number of rotatable bonds is 3. The molecule has 144 valence electrons. The Morgan fingerprint density at radius 3 is 2.24 bits per heavy atom. The summed E-state index contributed by atoms with van der Waals surface area (Å²) in [4.78, 5) is 11.9. The molecule has 3 aliphatic rings. The van der Waals surface area contributed by atoms with E-state index in [2.05, 4.69) is 47.7 Å². The summed E-state index contributed by atoms with van der Waals surface area (Å²) in [6.07, 6.45) is 3.95. The summed E-state index contributed by atoms with van der Waals surface area (Å²) < 4.78 is 19.0. The lowest BCUT2D eigenvalue weighted by Crippen LogP contribution is -2.48. The summed E-state index contributed by atoms with van der Waals surface area (Å²) in [7, 11) is -1.86. The SMILES string of the molecule is CC1(C)COC2(C[C@H]3C[C@@H](O[Si](C)(C)C(C)(C)C)[C@H](C=O)[C@H]3C2)OC1. The molecule has 5 heteroatoms. The van der Waals surface area contributed by atoms with Crippen LogP contribution in [0.2, 0.25) is 18.1 Å². The lowest BCUT2D eigenvalue weighted by Gasteiger charge is -2.43. The highest BCUT2D eigenvalue weighted by Crippen LogP contribution is 2.56. The van der Waals surface area contributed by atoms with Crippen LogP contribution >= 0.6 is 0 Å². The van der Waals surface area contributed by atoms with Crippen molar-refractivity contribution >= 4 is 14.6 Å². The van der Waals surface area contributed by atoms with E-state index in [-0.39, 0.29) is 22.5 Å². The van der Waals surface area contributed by atoms with Crippen molar-refractivity contribution in [2.24, 2.45) is 23.2 Å². The summed E-state index contributed by atoms with van der Waals surface area (Å²) in [5.74, 6) is 0.355. The monoisotopic (exact) mass is 368 g/mol. The molecule has 0 unspecified atom stereocenters. The van der Waals surface area contributed by atoms with Crippen LogP contribution < -0.4 is 0 Å². The zero-order valence-electron chi connectivity index (χ0n) is 17.1. The Bertz CT molecular complexity index is 512. The van der Waals surface area contributed by atoms with E-state index in [9.17, 15) is 4.79 Å². The molecule has 0 bridgehead atoms. The highest BCUT2D eigenvalue weighted by Gasteiger charge is 2.58. The quantitative estimate of drug-likeness (QED) is 0.547. The molecule has 1 saturated heterocycles. The molecule has 25 heavy (non-hydrogen) atoms. The fraction of sp³-hybridized carbons (Fsp3) is 0.950. The molecule has 1 heterocycles. The van der Waals surface area contributed by atoms with Crippen molar-refractivity contribution in [1.82, 2.24) is 0 Å². The number of carbonyl (C=O) groups is 1. The predicted molar refractivity (Wildman–Crippen MR) is 101 cm³/mol. The van der Waals surface area contributed by atoms with Gasteiger partial charge in [-0.1, -0.05) is 34.6 Å². The normalized spacial score (nSPS) is 37.2. The topological polar surface area (TPSA) is 44.8 Å². The maximum atomic E-state index is 11.9. The van der Waals surface area contributed by atoms with Gasteiger partial charge in [0.15, 0.2) is 14.1 Å². The van der Waals surface area contributed by atoms with E-state index in [0.29, 0.717) is 11.8 Å². The smallest absolute Gasteiger partial charge is 0.192 e. The maximum Gasteiger partial charge on any atom is 0.192 e. The molecule has 0 aromatic rings. The van der Waals surface area contributed by atoms with Gasteiger partial charge in [0.2, 0.25) is 0 Å². The summed E-state index contributed by atoms with van der Waals surface area (Å²) >= 11 is 0. The van der Waals surface area contributed by atoms with Crippen LogP contribution in [0.5, 0.6) is 0 Å². The van der Waals surface area contributed by atoms with Crippen molar-refractivity contribution in [2.75, 3.05) is 13.2 Å². The van der Waals surface area contributed by atoms with Crippen LogP contribution in [0.15, 0.2) is 0 Å². The van der Waals surface area contributed by atoms with Gasteiger partial charge in [-0.3, -0.25) is 0 Å². The lowest BCUT2D eigenvalue weighted by atomic mass is 9.91. The van der Waals surface area contributed by atoms with Gasteiger partial charge in [-0.05, 0) is 36.4 Å². The minimum absolute atomic E-state index is 0.0133. The van der Waals surface area contributed by atoms with Crippen LogP contribution in [-0.4, -0.2) is 39.7 Å². The number of carbonyl (C=O) groups excluding carboxylic acids is 1. The van der Waals surface area contributed by atoms with Gasteiger partial charge >= 0.3 is 0 Å². The van der Waals surface area contributed by atoms with Gasteiger partial charge in [-0.2, -0.15) is 0 Å². The number of aldehydes is 1. The van der Waals surface area contributed by atoms with Gasteiger partial charge in [-0.25, -0.2) is 0 Å². The Morgan fingerprint density at radius 1 is 1.12 bits per heavy atom. The first-order valence-electron chi connectivity index (χ1n) is 9.79. The fourth-order valence-corrected chi connectivity index (χ4v) is 5.81. The van der Waals surface area contributed by atoms with Gasteiger partial charge in [-0.15, -0.1) is 0 Å². The fourth-order valence-electron chi connectivity index (χ4n) is 4.44. The molecule has 2 saturated carbocycles. The Morgan fingerprint density at radius 2 is 1.72 bits per heavy atom. The molecule has 3 rings (SSSR count). The molecule has 0 aromatic carbocycles. The molecule has 2 aliphatic carbocycles. The second-order valence-electron chi connectivity index (χ2n) is 10.9. The average Bonchev–Trinajstić information content (AvgIpc) is 2.95. The Balaban J connectivity index is 1.69. The second kappa shape index (κ2) is 6.15. The molecular formula is C20H36O4Si. The van der Waals surface area contributed by atoms with Crippen molar-refractivity contribution in [1.29, 1.82) is 0 Å². The van der Waals surface area contributed by atoms with Gasteiger partial charge in [0.25, 0.3) is 0 Å². The third-order valence-electron chi connectivity index (χ3n) is 7.05. The number of hydrogen-bond donors (Lipinski definition) is 0. The lowest BCUT2D eigenvalue weighted by molar-refractivity contribution is -0.298. The van der Waals surface area contributed by atoms with Gasteiger partial charge in [0.1, 0.15) is 6.29 Å². The molecular weight excluding hydrogens is 332 g/mol. The first-order valence-corrected chi connectivity index (χ1v) is 12.7. The number of fused-ring (bicyclic) bond motifs is 1. The average molecular weight is 369 g/mol. The van der Waals surface area contributed by atoms with Crippen molar-refractivity contribution in [2.45, 2.75) is 83.9 Å². The first kappa shape index (κ1) is 19.5. The Labute approximate surface area is 154 Å². The summed E-state index contributed by atoms with van der Waals surface area (Å²) in [5.41, 5.74) is 0.0843. The zero-order valence-corrected chi connectivity index (χ0v) is 18.1. The molecule has 0 amide bonds. The Kier molecular flexibility index (Phi) is 4.80. The summed E-state index contributed by atoms with van der Waals surface area (Å²) in [5, 5.41) is 0.167. The van der Waals surface area contributed by atoms with E-state index < -0.39 is 14.1 Å². The molecule has 3 fully saturated rings. The van der Waals surface area contributed by atoms with Gasteiger partial charge < -0.3 is 18.7 Å². The van der Waals surface area contributed by atoms with Crippen molar-refractivity contribution < 1.29 is 18.7 Å². The van der Waals surface area contributed by atoms with Crippen molar-refractivity contribution in [3.05, 3.63) is 0 Å². The predicted octanol–water partition coefficient (Wildman–Crippen LogP) is 4.39. The molecule has 0 N–H and O–H groups in total. The largest absolute Gasteiger partial charge is 0.413 e. The van der Waals surface area contributed by atoms with Crippen molar-refractivity contribution in [3.8, 4) is 0 Å². The summed E-state index contributed by atoms with van der Waals surface area (Å²) in [6, 6.07) is 0. The second-order valence-corrected chi connectivity index (χ2v) is 15.6. The van der Waals surface area contributed by atoms with Crippen LogP contribution in [0.3, 0.4) is 0 Å². The third kappa shape index (κ3) is 3.62. The molecule has 0 radical (unpaired) electrons. The standard InChI is InChI=1S/C20H36O4Si/c1-18(2,3)25(6,7)24-17-8-14-9-20(10-15(14)16(17)11-21)22-12-19(4,5)13-23-20/h11,14-17H,8-10,12-13H2,1-7H3/t14-,15+,16-,17-/m1/s1. The molecule has 0 aromatic heterocycles. The Hall–Kier alpha value is -0.233. The minimum Gasteiger partial charge on any atom is -0.413 e. The van der Waals surface area contributed by atoms with Crippen LogP contribution in [-0.2, 0) is 18.7 Å². The minimum atomic E-state index is -1.86. The molecule has 4 atom stereocenters. The van der Waals surface area contributed by atoms with Crippen LogP contribution in [0.25, 0.3) is 0 Å². The van der Waals surface area contributed by atoms with E-state index in [4.69, 9.17) is 13.9 Å². The van der Waals surface area contributed by atoms with E-state index in [1.807, 2.05) is 0 Å². The van der Waals surface area contributed by atoms with E-state index in [1.165, 1.54) is 0 Å². The number of hydrogen-bond acceptors (Lipinski definition) is 4.